The van der Waals surface area contributed by atoms with E-state index in [9.17, 15) is 4.79 Å². The van der Waals surface area contributed by atoms with Crippen LogP contribution in [0.5, 0.6) is 5.75 Å². The number of halogens is 1. The van der Waals surface area contributed by atoms with Gasteiger partial charge in [-0.25, -0.2) is 4.68 Å². The van der Waals surface area contributed by atoms with Crippen molar-refractivity contribution in [2.45, 2.75) is 26.5 Å². The Hall–Kier alpha value is -1.82. The molecule has 122 valence electrons. The second kappa shape index (κ2) is 7.17. The van der Waals surface area contributed by atoms with Gasteiger partial charge >= 0.3 is 0 Å². The minimum absolute atomic E-state index is 0.0129. The number of likely N-dealkylation sites (tertiary alicyclic amines) is 1. The first kappa shape index (κ1) is 16.1. The lowest BCUT2D eigenvalue weighted by atomic mass is 10.0. The molecule has 1 unspecified atom stereocenters. The number of amides is 1. The van der Waals surface area contributed by atoms with Gasteiger partial charge in [0.1, 0.15) is 5.75 Å². The van der Waals surface area contributed by atoms with E-state index in [1.165, 1.54) is 6.42 Å². The third kappa shape index (κ3) is 4.13. The molecule has 1 aliphatic heterocycles. The van der Waals surface area contributed by atoms with Crippen LogP contribution < -0.4 is 4.74 Å². The van der Waals surface area contributed by atoms with Gasteiger partial charge in [0, 0.05) is 23.8 Å². The van der Waals surface area contributed by atoms with E-state index in [2.05, 4.69) is 28.0 Å². The highest BCUT2D eigenvalue weighted by Crippen LogP contribution is 2.18. The molecule has 6 heteroatoms. The number of aromatic nitrogens is 2. The van der Waals surface area contributed by atoms with Gasteiger partial charge in [-0.3, -0.25) is 4.79 Å². The highest BCUT2D eigenvalue weighted by Gasteiger charge is 2.23. The summed E-state index contributed by atoms with van der Waals surface area (Å²) in [5.74, 6) is 1.34. The molecule has 1 saturated heterocycles. The molecule has 0 saturated carbocycles. The third-order valence-electron chi connectivity index (χ3n) is 3.98. The molecule has 1 amide bonds. The fourth-order valence-corrected chi connectivity index (χ4v) is 3.02. The van der Waals surface area contributed by atoms with Crippen LogP contribution in [0.1, 0.15) is 30.3 Å². The molecule has 0 bridgehead atoms. The van der Waals surface area contributed by atoms with E-state index in [0.29, 0.717) is 11.6 Å². The summed E-state index contributed by atoms with van der Waals surface area (Å²) in [6.45, 7) is 4.11. The van der Waals surface area contributed by atoms with Gasteiger partial charge in [-0.05, 0) is 49.1 Å². The number of rotatable bonds is 4. The van der Waals surface area contributed by atoms with Crippen LogP contribution in [-0.2, 0) is 6.73 Å². The van der Waals surface area contributed by atoms with Gasteiger partial charge in [-0.15, -0.1) is 0 Å². The first-order chi connectivity index (χ1) is 11.1. The molecule has 1 aliphatic rings. The number of ether oxygens (including phenoxy) is 1. The van der Waals surface area contributed by atoms with Crippen LogP contribution >= 0.6 is 15.9 Å². The molecule has 0 spiro atoms. The normalized spacial score (nSPS) is 18.0. The van der Waals surface area contributed by atoms with E-state index in [-0.39, 0.29) is 12.6 Å². The Labute approximate surface area is 144 Å². The number of carbonyl (C=O) groups is 1. The number of hydrogen-bond acceptors (Lipinski definition) is 3. The largest absolute Gasteiger partial charge is 0.471 e. The standard InChI is InChI=1S/C17H20BrN3O2/c1-13-3-2-9-20(11-13)17(22)16-8-10-21(19-16)12-23-15-6-4-14(18)5-7-15/h4-8,10,13H,2-3,9,11-12H2,1H3. The van der Waals surface area contributed by atoms with Crippen molar-refractivity contribution in [1.82, 2.24) is 14.7 Å². The van der Waals surface area contributed by atoms with Crippen LogP contribution in [-0.4, -0.2) is 33.7 Å². The fourth-order valence-electron chi connectivity index (χ4n) is 2.76. The molecule has 2 heterocycles. The van der Waals surface area contributed by atoms with Crippen LogP contribution in [0.4, 0.5) is 0 Å². The van der Waals surface area contributed by atoms with Gasteiger partial charge in [-0.1, -0.05) is 22.9 Å². The summed E-state index contributed by atoms with van der Waals surface area (Å²) in [6.07, 6.45) is 4.04. The van der Waals surface area contributed by atoms with Crippen LogP contribution in [0.2, 0.25) is 0 Å². The average molecular weight is 378 g/mol. The molecule has 1 atom stereocenters. The molecule has 23 heavy (non-hydrogen) atoms. The van der Waals surface area contributed by atoms with Crippen molar-refractivity contribution < 1.29 is 9.53 Å². The molecule has 0 radical (unpaired) electrons. The topological polar surface area (TPSA) is 47.4 Å². The van der Waals surface area contributed by atoms with Crippen molar-refractivity contribution in [2.75, 3.05) is 13.1 Å². The Bertz CT molecular complexity index is 669. The molecule has 3 rings (SSSR count). The predicted molar refractivity (Wildman–Crippen MR) is 91.3 cm³/mol. The Morgan fingerprint density at radius 1 is 1.35 bits per heavy atom. The monoisotopic (exact) mass is 377 g/mol. The lowest BCUT2D eigenvalue weighted by molar-refractivity contribution is 0.0675. The lowest BCUT2D eigenvalue weighted by Crippen LogP contribution is -2.39. The number of hydrogen-bond donors (Lipinski definition) is 0. The fraction of sp³-hybridized carbons (Fsp3) is 0.412. The van der Waals surface area contributed by atoms with E-state index in [1.807, 2.05) is 29.2 Å². The molecule has 2 aromatic rings. The van der Waals surface area contributed by atoms with E-state index in [4.69, 9.17) is 4.74 Å². The molecule has 1 aromatic carbocycles. The number of nitrogens with zero attached hydrogens (tertiary/aromatic N) is 3. The SMILES string of the molecule is CC1CCCN(C(=O)c2ccn(COc3ccc(Br)cc3)n2)C1. The van der Waals surface area contributed by atoms with E-state index < -0.39 is 0 Å². The van der Waals surface area contributed by atoms with Gasteiger partial charge < -0.3 is 9.64 Å². The molecule has 0 aliphatic carbocycles. The minimum atomic E-state index is 0.0129. The van der Waals surface area contributed by atoms with Crippen molar-refractivity contribution in [3.8, 4) is 5.75 Å². The Balaban J connectivity index is 1.59. The molecule has 1 aromatic heterocycles. The Kier molecular flexibility index (Phi) is 5.00. The van der Waals surface area contributed by atoms with Crippen molar-refractivity contribution in [3.63, 3.8) is 0 Å². The zero-order valence-electron chi connectivity index (χ0n) is 13.1. The van der Waals surface area contributed by atoms with Crippen LogP contribution in [0.15, 0.2) is 41.0 Å². The highest BCUT2D eigenvalue weighted by molar-refractivity contribution is 9.10. The third-order valence-corrected chi connectivity index (χ3v) is 4.51. The molecular formula is C17H20BrN3O2. The maximum atomic E-state index is 12.5. The zero-order valence-corrected chi connectivity index (χ0v) is 14.7. The van der Waals surface area contributed by atoms with Crippen LogP contribution in [0.25, 0.3) is 0 Å². The van der Waals surface area contributed by atoms with E-state index >= 15 is 0 Å². The summed E-state index contributed by atoms with van der Waals surface area (Å²) in [7, 11) is 0. The predicted octanol–water partition coefficient (Wildman–Crippen LogP) is 3.55. The summed E-state index contributed by atoms with van der Waals surface area (Å²) in [4.78, 5) is 14.4. The minimum Gasteiger partial charge on any atom is -0.471 e. The van der Waals surface area contributed by atoms with Gasteiger partial charge in [-0.2, -0.15) is 5.10 Å². The van der Waals surface area contributed by atoms with E-state index in [1.54, 1.807) is 16.9 Å². The van der Waals surface area contributed by atoms with Crippen molar-refractivity contribution in [2.24, 2.45) is 5.92 Å². The second-order valence-corrected chi connectivity index (χ2v) is 6.88. The summed E-state index contributed by atoms with van der Waals surface area (Å²) in [6, 6.07) is 9.37. The first-order valence-corrected chi connectivity index (χ1v) is 8.62. The second-order valence-electron chi connectivity index (χ2n) is 5.97. The summed E-state index contributed by atoms with van der Waals surface area (Å²) >= 11 is 3.39. The number of carbonyl (C=O) groups excluding carboxylic acids is 1. The van der Waals surface area contributed by atoms with Crippen molar-refractivity contribution in [3.05, 3.63) is 46.7 Å². The smallest absolute Gasteiger partial charge is 0.274 e. The average Bonchev–Trinajstić information content (AvgIpc) is 3.02. The van der Waals surface area contributed by atoms with Gasteiger partial charge in [0.25, 0.3) is 5.91 Å². The van der Waals surface area contributed by atoms with Crippen molar-refractivity contribution in [1.29, 1.82) is 0 Å². The maximum absolute atomic E-state index is 12.5. The zero-order chi connectivity index (χ0) is 16.2. The quantitative estimate of drug-likeness (QED) is 0.818. The summed E-state index contributed by atoms with van der Waals surface area (Å²) < 4.78 is 8.31. The molecule has 0 N–H and O–H groups in total. The van der Waals surface area contributed by atoms with Crippen LogP contribution in [0.3, 0.4) is 0 Å². The summed E-state index contributed by atoms with van der Waals surface area (Å²) in [5.41, 5.74) is 0.485. The molecule has 5 nitrogen and oxygen atoms in total. The Morgan fingerprint density at radius 2 is 2.13 bits per heavy atom. The van der Waals surface area contributed by atoms with Gasteiger partial charge in [0.2, 0.25) is 0 Å². The number of piperidine rings is 1. The van der Waals surface area contributed by atoms with Crippen molar-refractivity contribution >= 4 is 21.8 Å². The number of benzene rings is 1. The van der Waals surface area contributed by atoms with Gasteiger partial charge in [0.15, 0.2) is 12.4 Å². The highest BCUT2D eigenvalue weighted by atomic mass is 79.9. The molecular weight excluding hydrogens is 358 g/mol. The lowest BCUT2D eigenvalue weighted by Gasteiger charge is -2.30. The van der Waals surface area contributed by atoms with Crippen LogP contribution in [0, 0.1) is 5.92 Å². The molecule has 1 fully saturated rings. The Morgan fingerprint density at radius 3 is 2.87 bits per heavy atom. The maximum Gasteiger partial charge on any atom is 0.274 e. The van der Waals surface area contributed by atoms with Gasteiger partial charge in [0.05, 0.1) is 0 Å². The summed E-state index contributed by atoms with van der Waals surface area (Å²) in [5, 5.41) is 4.33. The van der Waals surface area contributed by atoms with E-state index in [0.717, 1.165) is 29.7 Å². The first-order valence-electron chi connectivity index (χ1n) is 7.83.